The summed E-state index contributed by atoms with van der Waals surface area (Å²) in [6.45, 7) is 7.22. The number of benzene rings is 1. The van der Waals surface area contributed by atoms with Gasteiger partial charge in [0.25, 0.3) is 0 Å². The molecule has 0 unspecified atom stereocenters. The minimum Gasteiger partial charge on any atom is -0.480 e. The molecule has 0 fully saturated rings. The number of nitrogens with one attached hydrogen (secondary N) is 1. The third kappa shape index (κ3) is 4.40. The van der Waals surface area contributed by atoms with Gasteiger partial charge < -0.3 is 10.4 Å². The second-order valence-corrected chi connectivity index (χ2v) is 8.58. The number of aromatic nitrogens is 2. The Balaban J connectivity index is 2.33. The van der Waals surface area contributed by atoms with Crippen molar-refractivity contribution in [1.82, 2.24) is 9.97 Å². The highest BCUT2D eigenvalue weighted by Gasteiger charge is 2.30. The number of carbonyl (C=O) groups is 1. The molecule has 0 amide bonds. The van der Waals surface area contributed by atoms with Crippen molar-refractivity contribution in [1.29, 1.82) is 0 Å². The highest BCUT2D eigenvalue weighted by Crippen LogP contribution is 2.33. The molecule has 1 heterocycles. The molecule has 5 nitrogen and oxygen atoms in total. The average molecular weight is 431 g/mol. The molecular weight excluding hydrogens is 414 g/mol. The Morgan fingerprint density at radius 1 is 1.29 bits per heavy atom. The fourth-order valence-corrected chi connectivity index (χ4v) is 3.33. The lowest BCUT2D eigenvalue weighted by Gasteiger charge is -2.18. The van der Waals surface area contributed by atoms with Gasteiger partial charge in [-0.05, 0) is 51.0 Å². The highest BCUT2D eigenvalue weighted by atomic mass is 79.9. The van der Waals surface area contributed by atoms with E-state index in [-0.39, 0.29) is 5.15 Å². The van der Waals surface area contributed by atoms with Crippen LogP contribution in [0.15, 0.2) is 27.8 Å². The van der Waals surface area contributed by atoms with E-state index >= 15 is 0 Å². The Hall–Kier alpha value is -1.31. The van der Waals surface area contributed by atoms with Gasteiger partial charge >= 0.3 is 5.97 Å². The molecular formula is C16H17BrClN3O2S. The topological polar surface area (TPSA) is 75.1 Å². The van der Waals surface area contributed by atoms with Gasteiger partial charge in [-0.2, -0.15) is 0 Å². The van der Waals surface area contributed by atoms with Gasteiger partial charge in [0.05, 0.1) is 0 Å². The number of hydrogen-bond donors (Lipinski definition) is 2. The molecule has 0 spiro atoms. The van der Waals surface area contributed by atoms with E-state index < -0.39 is 10.7 Å². The van der Waals surface area contributed by atoms with Crippen molar-refractivity contribution in [2.45, 2.75) is 37.6 Å². The van der Waals surface area contributed by atoms with Crippen LogP contribution in [0.4, 0.5) is 11.5 Å². The zero-order chi connectivity index (χ0) is 18.1. The Labute approximate surface area is 158 Å². The number of anilines is 2. The second-order valence-electron chi connectivity index (χ2n) is 5.75. The van der Waals surface area contributed by atoms with E-state index in [1.165, 1.54) is 0 Å². The Bertz CT molecular complexity index is 799. The molecule has 2 rings (SSSR count). The van der Waals surface area contributed by atoms with Crippen molar-refractivity contribution in [2.24, 2.45) is 0 Å². The standard InChI is InChI=1S/C16H17BrClN3O2S/c1-8-9(2)11(6-5-10(8)17)19-13-7-12(18)20-15(21-13)24-16(3,4)14(22)23/h5-7H,1-4H3,(H,22,23)(H,19,20,21). The molecule has 2 aromatic rings. The fraction of sp³-hybridized carbons (Fsp3) is 0.312. The summed E-state index contributed by atoms with van der Waals surface area (Å²) in [5.41, 5.74) is 3.11. The summed E-state index contributed by atoms with van der Waals surface area (Å²) < 4.78 is -0.0165. The number of aliphatic carboxylic acids is 1. The first-order valence-corrected chi connectivity index (χ1v) is 9.08. The first kappa shape index (κ1) is 19.0. The van der Waals surface area contributed by atoms with Crippen molar-refractivity contribution in [3.05, 3.63) is 39.0 Å². The van der Waals surface area contributed by atoms with Crippen LogP contribution in [0.3, 0.4) is 0 Å². The maximum Gasteiger partial charge on any atom is 0.319 e. The zero-order valence-electron chi connectivity index (χ0n) is 13.6. The molecule has 0 saturated heterocycles. The van der Waals surface area contributed by atoms with E-state index in [0.717, 1.165) is 33.0 Å². The Kier molecular flexibility index (Phi) is 5.78. The lowest BCUT2D eigenvalue weighted by atomic mass is 10.1. The van der Waals surface area contributed by atoms with E-state index in [4.69, 9.17) is 11.6 Å². The van der Waals surface area contributed by atoms with Gasteiger partial charge in [0.1, 0.15) is 15.7 Å². The van der Waals surface area contributed by atoms with Crippen LogP contribution >= 0.6 is 39.3 Å². The summed E-state index contributed by atoms with van der Waals surface area (Å²) in [5.74, 6) is -0.423. The first-order valence-electron chi connectivity index (χ1n) is 7.10. The van der Waals surface area contributed by atoms with E-state index in [0.29, 0.717) is 11.0 Å². The molecule has 128 valence electrons. The maximum absolute atomic E-state index is 11.3. The van der Waals surface area contributed by atoms with E-state index in [1.54, 1.807) is 19.9 Å². The molecule has 0 radical (unpaired) electrons. The van der Waals surface area contributed by atoms with E-state index in [1.807, 2.05) is 26.0 Å². The van der Waals surface area contributed by atoms with Gasteiger partial charge in [-0.25, -0.2) is 9.97 Å². The molecule has 0 saturated carbocycles. The third-order valence-corrected chi connectivity index (χ3v) is 5.62. The van der Waals surface area contributed by atoms with Gasteiger partial charge in [-0.1, -0.05) is 39.3 Å². The molecule has 24 heavy (non-hydrogen) atoms. The van der Waals surface area contributed by atoms with Crippen molar-refractivity contribution < 1.29 is 9.90 Å². The molecule has 0 aliphatic carbocycles. The smallest absolute Gasteiger partial charge is 0.319 e. The zero-order valence-corrected chi connectivity index (χ0v) is 16.8. The number of carboxylic acid groups (broad SMARTS) is 1. The largest absolute Gasteiger partial charge is 0.480 e. The van der Waals surface area contributed by atoms with Crippen molar-refractivity contribution >= 4 is 56.8 Å². The highest BCUT2D eigenvalue weighted by molar-refractivity contribution is 9.10. The molecule has 8 heteroatoms. The number of thioether (sulfide) groups is 1. The van der Waals surface area contributed by atoms with Crippen LogP contribution in [-0.2, 0) is 4.79 Å². The predicted molar refractivity (Wildman–Crippen MR) is 102 cm³/mol. The lowest BCUT2D eigenvalue weighted by molar-refractivity contribution is -0.138. The van der Waals surface area contributed by atoms with Gasteiger partial charge in [-0.3, -0.25) is 4.79 Å². The average Bonchev–Trinajstić information content (AvgIpc) is 2.46. The van der Waals surface area contributed by atoms with Gasteiger partial charge in [0.2, 0.25) is 0 Å². The van der Waals surface area contributed by atoms with Crippen LogP contribution in [0.5, 0.6) is 0 Å². The van der Waals surface area contributed by atoms with Gasteiger partial charge in [0.15, 0.2) is 5.16 Å². The van der Waals surface area contributed by atoms with Crippen molar-refractivity contribution in [3.8, 4) is 0 Å². The summed E-state index contributed by atoms with van der Waals surface area (Å²) >= 11 is 10.6. The monoisotopic (exact) mass is 429 g/mol. The number of nitrogens with zero attached hydrogens (tertiary/aromatic N) is 2. The fourth-order valence-electron chi connectivity index (χ4n) is 1.84. The summed E-state index contributed by atoms with van der Waals surface area (Å²) in [4.78, 5) is 19.7. The predicted octanol–water partition coefficient (Wildman–Crippen LogP) is 5.21. The number of halogens is 2. The SMILES string of the molecule is Cc1c(Br)ccc(Nc2cc(Cl)nc(SC(C)(C)C(=O)O)n2)c1C. The van der Waals surface area contributed by atoms with Gasteiger partial charge in [-0.15, -0.1) is 0 Å². The first-order chi connectivity index (χ1) is 11.1. The summed E-state index contributed by atoms with van der Waals surface area (Å²) in [5, 5.41) is 13.0. The summed E-state index contributed by atoms with van der Waals surface area (Å²) in [6.07, 6.45) is 0. The van der Waals surface area contributed by atoms with Crippen LogP contribution in [0.2, 0.25) is 5.15 Å². The molecule has 1 aromatic carbocycles. The molecule has 0 bridgehead atoms. The molecule has 0 aliphatic rings. The molecule has 0 atom stereocenters. The van der Waals surface area contributed by atoms with E-state index in [9.17, 15) is 9.90 Å². The quantitative estimate of drug-likeness (QED) is 0.385. The Morgan fingerprint density at radius 2 is 1.96 bits per heavy atom. The normalized spacial score (nSPS) is 11.4. The van der Waals surface area contributed by atoms with Gasteiger partial charge in [0, 0.05) is 16.2 Å². The Morgan fingerprint density at radius 3 is 2.58 bits per heavy atom. The minimum atomic E-state index is -1.05. The lowest BCUT2D eigenvalue weighted by Crippen LogP contribution is -2.27. The number of hydrogen-bond acceptors (Lipinski definition) is 5. The van der Waals surface area contributed by atoms with Crippen molar-refractivity contribution in [3.63, 3.8) is 0 Å². The van der Waals surface area contributed by atoms with Crippen LogP contribution in [0.25, 0.3) is 0 Å². The van der Waals surface area contributed by atoms with E-state index in [2.05, 4.69) is 31.2 Å². The van der Waals surface area contributed by atoms with Crippen molar-refractivity contribution in [2.75, 3.05) is 5.32 Å². The number of rotatable bonds is 5. The molecule has 2 N–H and O–H groups in total. The van der Waals surface area contributed by atoms with Crippen LogP contribution in [0.1, 0.15) is 25.0 Å². The summed E-state index contributed by atoms with van der Waals surface area (Å²) in [6, 6.07) is 5.50. The van der Waals surface area contributed by atoms with Crippen LogP contribution in [-0.4, -0.2) is 25.8 Å². The second kappa shape index (κ2) is 7.29. The number of carboxylic acids is 1. The van der Waals surface area contributed by atoms with Crippen LogP contribution < -0.4 is 5.32 Å². The van der Waals surface area contributed by atoms with Crippen LogP contribution in [0, 0.1) is 13.8 Å². The molecule has 1 aromatic heterocycles. The minimum absolute atomic E-state index is 0.252. The third-order valence-electron chi connectivity index (χ3n) is 3.52. The molecule has 0 aliphatic heterocycles. The maximum atomic E-state index is 11.3. The summed E-state index contributed by atoms with van der Waals surface area (Å²) in [7, 11) is 0.